The predicted octanol–water partition coefficient (Wildman–Crippen LogP) is 1.87. The Morgan fingerprint density at radius 3 is 2.75 bits per heavy atom. The molecule has 1 fully saturated rings. The maximum absolute atomic E-state index is 12.2. The fourth-order valence-corrected chi connectivity index (χ4v) is 2.47. The summed E-state index contributed by atoms with van der Waals surface area (Å²) in [6, 6.07) is 5.47. The van der Waals surface area contributed by atoms with Crippen molar-refractivity contribution in [1.29, 1.82) is 0 Å². The SMILES string of the molecule is Cc1ccc(NC(=O)CC2COCCN2)cc1C(=O)NC(C)C.Cl. The largest absolute Gasteiger partial charge is 0.378 e. The third-order valence-electron chi connectivity index (χ3n) is 3.62. The van der Waals surface area contributed by atoms with Crippen LogP contribution in [-0.2, 0) is 9.53 Å². The molecule has 1 aliphatic rings. The number of hydrogen-bond donors (Lipinski definition) is 3. The molecule has 1 unspecified atom stereocenters. The number of ether oxygens (including phenoxy) is 1. The summed E-state index contributed by atoms with van der Waals surface area (Å²) in [4.78, 5) is 24.3. The summed E-state index contributed by atoms with van der Waals surface area (Å²) in [7, 11) is 0. The van der Waals surface area contributed by atoms with Crippen molar-refractivity contribution in [1.82, 2.24) is 10.6 Å². The fourth-order valence-electron chi connectivity index (χ4n) is 2.47. The van der Waals surface area contributed by atoms with Gasteiger partial charge >= 0.3 is 0 Å². The average molecular weight is 356 g/mol. The molecule has 1 heterocycles. The second kappa shape index (κ2) is 9.61. The van der Waals surface area contributed by atoms with Crippen LogP contribution < -0.4 is 16.0 Å². The number of nitrogens with one attached hydrogen (secondary N) is 3. The maximum atomic E-state index is 12.2. The van der Waals surface area contributed by atoms with Crippen molar-refractivity contribution >= 4 is 29.9 Å². The third-order valence-corrected chi connectivity index (χ3v) is 3.62. The molecule has 0 spiro atoms. The van der Waals surface area contributed by atoms with E-state index in [-0.39, 0.29) is 36.3 Å². The van der Waals surface area contributed by atoms with E-state index < -0.39 is 0 Å². The molecule has 1 aliphatic heterocycles. The number of carbonyl (C=O) groups is 2. The van der Waals surface area contributed by atoms with Gasteiger partial charge in [-0.15, -0.1) is 12.4 Å². The Hall–Kier alpha value is -1.63. The molecule has 7 heteroatoms. The molecular formula is C17H26ClN3O3. The zero-order valence-corrected chi connectivity index (χ0v) is 15.2. The maximum Gasteiger partial charge on any atom is 0.251 e. The summed E-state index contributed by atoms with van der Waals surface area (Å²) in [5.74, 6) is -0.219. The number of aryl methyl sites for hydroxylation is 1. The van der Waals surface area contributed by atoms with Gasteiger partial charge in [0, 0.05) is 36.3 Å². The lowest BCUT2D eigenvalue weighted by Gasteiger charge is -2.23. The quantitative estimate of drug-likeness (QED) is 0.753. The highest BCUT2D eigenvalue weighted by Gasteiger charge is 2.17. The van der Waals surface area contributed by atoms with Crippen molar-refractivity contribution in [2.45, 2.75) is 39.3 Å². The van der Waals surface area contributed by atoms with E-state index in [1.165, 1.54) is 0 Å². The van der Waals surface area contributed by atoms with Gasteiger partial charge in [0.25, 0.3) is 5.91 Å². The minimum Gasteiger partial charge on any atom is -0.378 e. The normalized spacial score (nSPS) is 17.1. The lowest BCUT2D eigenvalue weighted by molar-refractivity contribution is -0.117. The smallest absolute Gasteiger partial charge is 0.251 e. The van der Waals surface area contributed by atoms with E-state index in [4.69, 9.17) is 4.74 Å². The minimum atomic E-state index is -0.129. The molecule has 0 radical (unpaired) electrons. The Bertz CT molecular complexity index is 572. The van der Waals surface area contributed by atoms with Crippen LogP contribution in [0.2, 0.25) is 0 Å². The van der Waals surface area contributed by atoms with Crippen LogP contribution in [0.1, 0.15) is 36.2 Å². The zero-order valence-electron chi connectivity index (χ0n) is 14.3. The van der Waals surface area contributed by atoms with Crippen molar-refractivity contribution < 1.29 is 14.3 Å². The highest BCUT2D eigenvalue weighted by atomic mass is 35.5. The lowest BCUT2D eigenvalue weighted by Crippen LogP contribution is -2.43. The van der Waals surface area contributed by atoms with Gasteiger partial charge in [-0.3, -0.25) is 9.59 Å². The van der Waals surface area contributed by atoms with Gasteiger partial charge in [0.2, 0.25) is 5.91 Å². The number of anilines is 1. The molecule has 2 rings (SSSR count). The summed E-state index contributed by atoms with van der Waals surface area (Å²) >= 11 is 0. The summed E-state index contributed by atoms with van der Waals surface area (Å²) < 4.78 is 5.34. The molecular weight excluding hydrogens is 330 g/mol. The Balaban J connectivity index is 0.00000288. The predicted molar refractivity (Wildman–Crippen MR) is 96.9 cm³/mol. The second-order valence-corrected chi connectivity index (χ2v) is 6.14. The molecule has 134 valence electrons. The van der Waals surface area contributed by atoms with E-state index in [0.717, 1.165) is 12.1 Å². The molecule has 1 saturated heterocycles. The number of rotatable bonds is 5. The Morgan fingerprint density at radius 1 is 1.38 bits per heavy atom. The van der Waals surface area contributed by atoms with Gasteiger partial charge in [-0.05, 0) is 38.5 Å². The highest BCUT2D eigenvalue weighted by molar-refractivity contribution is 5.98. The Morgan fingerprint density at radius 2 is 2.12 bits per heavy atom. The first-order valence-electron chi connectivity index (χ1n) is 7.98. The van der Waals surface area contributed by atoms with Crippen LogP contribution in [0.4, 0.5) is 5.69 Å². The zero-order chi connectivity index (χ0) is 16.8. The molecule has 6 nitrogen and oxygen atoms in total. The standard InChI is InChI=1S/C17H25N3O3.ClH/c1-11(2)19-17(22)15-8-13(5-4-12(15)3)20-16(21)9-14-10-23-7-6-18-14;/h4-5,8,11,14,18H,6-7,9-10H2,1-3H3,(H,19,22)(H,20,21);1H. The van der Waals surface area contributed by atoms with Gasteiger partial charge in [0.1, 0.15) is 0 Å². The van der Waals surface area contributed by atoms with Gasteiger partial charge < -0.3 is 20.7 Å². The van der Waals surface area contributed by atoms with Crippen LogP contribution in [0.3, 0.4) is 0 Å². The van der Waals surface area contributed by atoms with Gasteiger partial charge in [-0.25, -0.2) is 0 Å². The first kappa shape index (κ1) is 20.4. The lowest BCUT2D eigenvalue weighted by atomic mass is 10.1. The first-order valence-corrected chi connectivity index (χ1v) is 7.98. The number of hydrogen-bond acceptors (Lipinski definition) is 4. The average Bonchev–Trinajstić information content (AvgIpc) is 2.49. The molecule has 0 aliphatic carbocycles. The number of halogens is 1. The first-order chi connectivity index (χ1) is 11.0. The van der Waals surface area contributed by atoms with Crippen LogP contribution in [0.15, 0.2) is 18.2 Å². The van der Waals surface area contributed by atoms with Gasteiger partial charge in [0.15, 0.2) is 0 Å². The monoisotopic (exact) mass is 355 g/mol. The Labute approximate surface area is 149 Å². The molecule has 1 aromatic rings. The molecule has 1 aromatic carbocycles. The molecule has 3 N–H and O–H groups in total. The summed E-state index contributed by atoms with van der Waals surface area (Å²) in [6.45, 7) is 7.70. The van der Waals surface area contributed by atoms with E-state index in [9.17, 15) is 9.59 Å². The van der Waals surface area contributed by atoms with Crippen molar-refractivity contribution in [3.8, 4) is 0 Å². The minimum absolute atomic E-state index is 0. The molecule has 24 heavy (non-hydrogen) atoms. The van der Waals surface area contributed by atoms with E-state index >= 15 is 0 Å². The molecule has 0 saturated carbocycles. The van der Waals surface area contributed by atoms with Crippen LogP contribution in [-0.4, -0.2) is 43.7 Å². The van der Waals surface area contributed by atoms with Crippen LogP contribution >= 0.6 is 12.4 Å². The van der Waals surface area contributed by atoms with E-state index in [1.807, 2.05) is 32.9 Å². The van der Waals surface area contributed by atoms with Crippen molar-refractivity contribution in [2.75, 3.05) is 25.1 Å². The van der Waals surface area contributed by atoms with Crippen LogP contribution in [0.5, 0.6) is 0 Å². The molecule has 0 aromatic heterocycles. The van der Waals surface area contributed by atoms with Crippen molar-refractivity contribution in [2.24, 2.45) is 0 Å². The highest BCUT2D eigenvalue weighted by Crippen LogP contribution is 2.16. The van der Waals surface area contributed by atoms with Crippen molar-refractivity contribution in [3.63, 3.8) is 0 Å². The van der Waals surface area contributed by atoms with Gasteiger partial charge in [-0.2, -0.15) is 0 Å². The number of morpholine rings is 1. The molecule has 0 bridgehead atoms. The van der Waals surface area contributed by atoms with Crippen LogP contribution in [0, 0.1) is 6.92 Å². The van der Waals surface area contributed by atoms with Crippen molar-refractivity contribution in [3.05, 3.63) is 29.3 Å². The van der Waals surface area contributed by atoms with E-state index in [1.54, 1.807) is 6.07 Å². The summed E-state index contributed by atoms with van der Waals surface area (Å²) in [5.41, 5.74) is 2.09. The topological polar surface area (TPSA) is 79.5 Å². The van der Waals surface area contributed by atoms with Gasteiger partial charge in [-0.1, -0.05) is 6.07 Å². The molecule has 2 amide bonds. The van der Waals surface area contributed by atoms with Crippen LogP contribution in [0.25, 0.3) is 0 Å². The van der Waals surface area contributed by atoms with Gasteiger partial charge in [0.05, 0.1) is 13.2 Å². The van der Waals surface area contributed by atoms with E-state index in [0.29, 0.717) is 30.9 Å². The molecule has 1 atom stereocenters. The summed E-state index contributed by atoms with van der Waals surface area (Å²) in [6.07, 6.45) is 0.349. The number of carbonyl (C=O) groups excluding carboxylic acids is 2. The third kappa shape index (κ3) is 6.11. The second-order valence-electron chi connectivity index (χ2n) is 6.14. The number of benzene rings is 1. The number of amides is 2. The van der Waals surface area contributed by atoms with E-state index in [2.05, 4.69) is 16.0 Å². The summed E-state index contributed by atoms with van der Waals surface area (Å²) in [5, 5.41) is 8.96. The fraction of sp³-hybridized carbons (Fsp3) is 0.529. The Kier molecular flexibility index (Phi) is 8.18.